The van der Waals surface area contributed by atoms with Crippen molar-refractivity contribution < 1.29 is 4.79 Å². The highest BCUT2D eigenvalue weighted by Gasteiger charge is 2.17. The van der Waals surface area contributed by atoms with Crippen LogP contribution in [0.15, 0.2) is 24.3 Å². The number of carbonyl (C=O) groups excluding carboxylic acids is 1. The number of anilines is 1. The van der Waals surface area contributed by atoms with Gasteiger partial charge in [0.05, 0.1) is 5.56 Å². The van der Waals surface area contributed by atoms with Crippen molar-refractivity contribution in [2.75, 3.05) is 11.9 Å². The maximum Gasteiger partial charge on any atom is 0.250 e. The molecule has 4 nitrogen and oxygen atoms in total. The van der Waals surface area contributed by atoms with Crippen LogP contribution in [0, 0.1) is 0 Å². The van der Waals surface area contributed by atoms with Gasteiger partial charge in [-0.05, 0) is 26.0 Å². The molecular weight excluding hydrogens is 190 g/mol. The summed E-state index contributed by atoms with van der Waals surface area (Å²) in [6.45, 7) is 4.40. The molecule has 0 aliphatic heterocycles. The van der Waals surface area contributed by atoms with Crippen LogP contribution < -0.4 is 16.8 Å². The Kier molecular flexibility index (Phi) is 3.31. The van der Waals surface area contributed by atoms with E-state index in [2.05, 4.69) is 5.32 Å². The van der Waals surface area contributed by atoms with Crippen molar-refractivity contribution in [3.8, 4) is 0 Å². The quantitative estimate of drug-likeness (QED) is 0.687. The maximum atomic E-state index is 11.1. The Labute approximate surface area is 89.6 Å². The van der Waals surface area contributed by atoms with Gasteiger partial charge in [0, 0.05) is 17.8 Å². The Hall–Kier alpha value is -1.55. The smallest absolute Gasteiger partial charge is 0.250 e. The van der Waals surface area contributed by atoms with E-state index in [0.717, 1.165) is 5.69 Å². The molecule has 0 fully saturated rings. The fourth-order valence-electron chi connectivity index (χ4n) is 1.22. The van der Waals surface area contributed by atoms with Crippen LogP contribution in [0.1, 0.15) is 24.2 Å². The topological polar surface area (TPSA) is 81.1 Å². The predicted molar refractivity (Wildman–Crippen MR) is 61.7 cm³/mol. The normalized spacial score (nSPS) is 11.1. The van der Waals surface area contributed by atoms with Crippen molar-refractivity contribution in [2.45, 2.75) is 19.4 Å². The Balaban J connectivity index is 2.99. The largest absolute Gasteiger partial charge is 0.378 e. The zero-order valence-electron chi connectivity index (χ0n) is 9.08. The summed E-state index contributed by atoms with van der Waals surface area (Å²) in [4.78, 5) is 11.1. The molecule has 82 valence electrons. The second kappa shape index (κ2) is 4.31. The molecule has 1 amide bonds. The third-order valence-electron chi connectivity index (χ3n) is 2.18. The fraction of sp³-hybridized carbons (Fsp3) is 0.364. The minimum absolute atomic E-state index is 0.258. The van der Waals surface area contributed by atoms with E-state index in [4.69, 9.17) is 11.5 Å². The summed E-state index contributed by atoms with van der Waals surface area (Å²) in [5.41, 5.74) is 11.8. The van der Waals surface area contributed by atoms with Crippen LogP contribution in [0.4, 0.5) is 5.69 Å². The van der Waals surface area contributed by atoms with Crippen molar-refractivity contribution in [1.82, 2.24) is 0 Å². The number of carbonyl (C=O) groups is 1. The second-order valence-electron chi connectivity index (χ2n) is 4.12. The van der Waals surface area contributed by atoms with E-state index in [-0.39, 0.29) is 5.54 Å². The Morgan fingerprint density at radius 2 is 2.00 bits per heavy atom. The molecule has 1 aromatic carbocycles. The Morgan fingerprint density at radius 1 is 1.40 bits per heavy atom. The minimum Gasteiger partial charge on any atom is -0.378 e. The molecule has 0 aromatic heterocycles. The molecule has 0 unspecified atom stereocenters. The second-order valence-corrected chi connectivity index (χ2v) is 4.12. The number of amides is 1. The molecule has 0 aliphatic carbocycles. The van der Waals surface area contributed by atoms with E-state index >= 15 is 0 Å². The third kappa shape index (κ3) is 2.95. The molecule has 1 rings (SSSR count). The molecular formula is C11H17N3O. The van der Waals surface area contributed by atoms with Crippen LogP contribution in [0.25, 0.3) is 0 Å². The lowest BCUT2D eigenvalue weighted by Gasteiger charge is -2.26. The lowest BCUT2D eigenvalue weighted by molar-refractivity contribution is 0.100. The van der Waals surface area contributed by atoms with Gasteiger partial charge in [-0.2, -0.15) is 0 Å². The third-order valence-corrected chi connectivity index (χ3v) is 2.18. The maximum absolute atomic E-state index is 11.1. The predicted octanol–water partition coefficient (Wildman–Crippen LogP) is 0.935. The van der Waals surface area contributed by atoms with Gasteiger partial charge in [0.2, 0.25) is 0 Å². The molecule has 0 heterocycles. The van der Waals surface area contributed by atoms with Crippen molar-refractivity contribution in [1.29, 1.82) is 0 Å². The SMILES string of the molecule is CC(C)(CN)Nc1ccccc1C(N)=O. The molecule has 0 spiro atoms. The summed E-state index contributed by atoms with van der Waals surface area (Å²) in [6, 6.07) is 7.14. The number of nitrogens with one attached hydrogen (secondary N) is 1. The van der Waals surface area contributed by atoms with Crippen molar-refractivity contribution in [3.63, 3.8) is 0 Å². The highest BCUT2D eigenvalue weighted by molar-refractivity contribution is 5.98. The monoisotopic (exact) mass is 207 g/mol. The highest BCUT2D eigenvalue weighted by atomic mass is 16.1. The molecule has 15 heavy (non-hydrogen) atoms. The van der Waals surface area contributed by atoms with Crippen molar-refractivity contribution in [3.05, 3.63) is 29.8 Å². The molecule has 0 saturated carbocycles. The van der Waals surface area contributed by atoms with E-state index in [0.29, 0.717) is 12.1 Å². The summed E-state index contributed by atoms with van der Waals surface area (Å²) in [5, 5.41) is 3.19. The van der Waals surface area contributed by atoms with Gasteiger partial charge in [-0.3, -0.25) is 4.79 Å². The van der Waals surface area contributed by atoms with Gasteiger partial charge in [0.25, 0.3) is 5.91 Å². The molecule has 0 bridgehead atoms. The van der Waals surface area contributed by atoms with Crippen LogP contribution in [0.3, 0.4) is 0 Å². The number of primary amides is 1. The van der Waals surface area contributed by atoms with E-state index < -0.39 is 5.91 Å². The van der Waals surface area contributed by atoms with E-state index in [1.54, 1.807) is 12.1 Å². The summed E-state index contributed by atoms with van der Waals surface area (Å²) < 4.78 is 0. The molecule has 4 heteroatoms. The molecule has 0 radical (unpaired) electrons. The van der Waals surface area contributed by atoms with Crippen LogP contribution >= 0.6 is 0 Å². The molecule has 0 aliphatic rings. The first-order chi connectivity index (χ1) is 6.96. The Morgan fingerprint density at radius 3 is 2.53 bits per heavy atom. The first-order valence-electron chi connectivity index (χ1n) is 4.83. The first-order valence-corrected chi connectivity index (χ1v) is 4.83. The van der Waals surface area contributed by atoms with Gasteiger partial charge in [0.15, 0.2) is 0 Å². The fourth-order valence-corrected chi connectivity index (χ4v) is 1.22. The average molecular weight is 207 g/mol. The van der Waals surface area contributed by atoms with Crippen molar-refractivity contribution in [2.24, 2.45) is 11.5 Å². The molecule has 1 aromatic rings. The van der Waals surface area contributed by atoms with E-state index in [1.807, 2.05) is 26.0 Å². The van der Waals surface area contributed by atoms with Gasteiger partial charge >= 0.3 is 0 Å². The number of nitrogens with two attached hydrogens (primary N) is 2. The number of hydrogen-bond donors (Lipinski definition) is 3. The van der Waals surface area contributed by atoms with E-state index in [1.165, 1.54) is 0 Å². The Bertz CT molecular complexity index is 361. The van der Waals surface area contributed by atoms with Crippen LogP contribution in [-0.4, -0.2) is 18.0 Å². The summed E-state index contributed by atoms with van der Waals surface area (Å²) in [5.74, 6) is -0.439. The van der Waals surface area contributed by atoms with Gasteiger partial charge in [-0.1, -0.05) is 12.1 Å². The van der Waals surface area contributed by atoms with Crippen molar-refractivity contribution >= 4 is 11.6 Å². The zero-order chi connectivity index (χ0) is 11.5. The molecule has 0 atom stereocenters. The zero-order valence-corrected chi connectivity index (χ0v) is 9.08. The number of para-hydroxylation sites is 1. The molecule has 0 saturated heterocycles. The minimum atomic E-state index is -0.439. The van der Waals surface area contributed by atoms with Gasteiger partial charge in [0.1, 0.15) is 0 Å². The number of benzene rings is 1. The summed E-state index contributed by atoms with van der Waals surface area (Å²) in [7, 11) is 0. The lowest BCUT2D eigenvalue weighted by Crippen LogP contribution is -2.39. The van der Waals surface area contributed by atoms with Crippen LogP contribution in [0.5, 0.6) is 0 Å². The van der Waals surface area contributed by atoms with Crippen LogP contribution in [0.2, 0.25) is 0 Å². The number of hydrogen-bond acceptors (Lipinski definition) is 3. The van der Waals surface area contributed by atoms with Gasteiger partial charge < -0.3 is 16.8 Å². The first kappa shape index (κ1) is 11.5. The average Bonchev–Trinajstić information content (AvgIpc) is 2.18. The standard InChI is InChI=1S/C11H17N3O/c1-11(2,7-12)14-9-6-4-3-5-8(9)10(13)15/h3-6,14H,7,12H2,1-2H3,(H2,13,15). The highest BCUT2D eigenvalue weighted by Crippen LogP contribution is 2.18. The van der Waals surface area contributed by atoms with E-state index in [9.17, 15) is 4.79 Å². The molecule has 5 N–H and O–H groups in total. The van der Waals surface area contributed by atoms with Gasteiger partial charge in [-0.15, -0.1) is 0 Å². The van der Waals surface area contributed by atoms with Gasteiger partial charge in [-0.25, -0.2) is 0 Å². The summed E-state index contributed by atoms with van der Waals surface area (Å²) in [6.07, 6.45) is 0. The van der Waals surface area contributed by atoms with Crippen LogP contribution in [-0.2, 0) is 0 Å². The lowest BCUT2D eigenvalue weighted by atomic mass is 10.0. The summed E-state index contributed by atoms with van der Waals surface area (Å²) >= 11 is 0. The number of rotatable bonds is 4.